The lowest BCUT2D eigenvalue weighted by Gasteiger charge is -2.43. The van der Waals surface area contributed by atoms with Gasteiger partial charge in [-0.1, -0.05) is 16.5 Å². The van der Waals surface area contributed by atoms with Crippen molar-refractivity contribution in [2.24, 2.45) is 0 Å². The predicted octanol–water partition coefficient (Wildman–Crippen LogP) is 2.59. The SMILES string of the molecule is CNC(=O)Nc1nc2c(s1)C1COC[C@H](C2)N1c1nc(-c2ccc(F)cc2)no1. The van der Waals surface area contributed by atoms with Crippen molar-refractivity contribution in [3.8, 4) is 11.4 Å². The van der Waals surface area contributed by atoms with Crippen molar-refractivity contribution in [1.29, 1.82) is 0 Å². The Morgan fingerprint density at radius 2 is 2.10 bits per heavy atom. The van der Waals surface area contributed by atoms with Crippen LogP contribution in [0.1, 0.15) is 16.6 Å². The summed E-state index contributed by atoms with van der Waals surface area (Å²) in [6, 6.07) is 5.90. The molecule has 3 aromatic rings. The normalized spacial score (nSPS) is 20.3. The van der Waals surface area contributed by atoms with E-state index in [4.69, 9.17) is 9.26 Å². The van der Waals surface area contributed by atoms with Gasteiger partial charge in [-0.15, -0.1) is 0 Å². The van der Waals surface area contributed by atoms with Gasteiger partial charge in [0.05, 0.1) is 35.9 Å². The van der Waals surface area contributed by atoms with Crippen molar-refractivity contribution in [2.75, 3.05) is 30.5 Å². The van der Waals surface area contributed by atoms with Gasteiger partial charge >= 0.3 is 12.0 Å². The standard InChI is InChI=1S/C18H17FN6O3S/c1-20-16(26)23-17-21-12-6-11-7-27-8-13(14(12)29-17)25(11)18-22-15(24-28-18)9-2-4-10(19)5-3-9/h2-5,11,13H,6-8H2,1H3,(H2,20,21,23,26)/t11-,13?/m0/s1. The third-order valence-corrected chi connectivity index (χ3v) is 6.07. The summed E-state index contributed by atoms with van der Waals surface area (Å²) in [5.74, 6) is 0.0788. The van der Waals surface area contributed by atoms with E-state index in [9.17, 15) is 9.18 Å². The van der Waals surface area contributed by atoms with Crippen LogP contribution in [0, 0.1) is 5.82 Å². The molecule has 1 aromatic carbocycles. The number of nitrogens with zero attached hydrogens (tertiary/aromatic N) is 4. The monoisotopic (exact) mass is 416 g/mol. The fourth-order valence-corrected chi connectivity index (χ4v) is 4.69. The fourth-order valence-electron chi connectivity index (χ4n) is 3.62. The number of anilines is 2. The number of ether oxygens (including phenoxy) is 1. The van der Waals surface area contributed by atoms with Gasteiger partial charge in [-0.25, -0.2) is 14.2 Å². The van der Waals surface area contributed by atoms with Gasteiger partial charge in [0, 0.05) is 19.0 Å². The van der Waals surface area contributed by atoms with Crippen LogP contribution >= 0.6 is 11.3 Å². The van der Waals surface area contributed by atoms with Crippen LogP contribution in [0.2, 0.25) is 0 Å². The van der Waals surface area contributed by atoms with Gasteiger partial charge in [-0.05, 0) is 24.3 Å². The molecule has 2 bridgehead atoms. The zero-order chi connectivity index (χ0) is 20.0. The molecule has 0 spiro atoms. The Hall–Kier alpha value is -3.05. The number of benzene rings is 1. The second-order valence-electron chi connectivity index (χ2n) is 6.76. The van der Waals surface area contributed by atoms with Crippen molar-refractivity contribution in [3.05, 3.63) is 40.7 Å². The smallest absolute Gasteiger partial charge is 0.325 e. The van der Waals surface area contributed by atoms with E-state index in [-0.39, 0.29) is 23.9 Å². The number of urea groups is 1. The summed E-state index contributed by atoms with van der Waals surface area (Å²) >= 11 is 1.41. The second kappa shape index (κ2) is 7.08. The fraction of sp³-hybridized carbons (Fsp3) is 0.333. The van der Waals surface area contributed by atoms with Crippen molar-refractivity contribution >= 4 is 28.5 Å². The molecule has 150 valence electrons. The molecule has 0 radical (unpaired) electrons. The lowest BCUT2D eigenvalue weighted by Crippen LogP contribution is -2.51. The molecule has 0 aliphatic carbocycles. The van der Waals surface area contributed by atoms with Crippen LogP contribution in [-0.4, -0.2) is 47.5 Å². The molecule has 1 unspecified atom stereocenters. The summed E-state index contributed by atoms with van der Waals surface area (Å²) < 4.78 is 24.5. The van der Waals surface area contributed by atoms with Crippen LogP contribution in [0.25, 0.3) is 11.4 Å². The molecule has 4 heterocycles. The highest BCUT2D eigenvalue weighted by Crippen LogP contribution is 2.43. The molecule has 2 N–H and O–H groups in total. The number of hydrogen-bond donors (Lipinski definition) is 2. The Labute approximate surface area is 168 Å². The average Bonchev–Trinajstić information content (AvgIpc) is 3.35. The molecule has 2 atom stereocenters. The number of carbonyl (C=O) groups excluding carboxylic acids is 1. The van der Waals surface area contributed by atoms with Crippen molar-refractivity contribution in [1.82, 2.24) is 20.4 Å². The Morgan fingerprint density at radius 1 is 1.28 bits per heavy atom. The first-order valence-electron chi connectivity index (χ1n) is 9.06. The largest absolute Gasteiger partial charge is 0.377 e. The zero-order valence-corrected chi connectivity index (χ0v) is 16.2. The Balaban J connectivity index is 1.46. The molecule has 9 nitrogen and oxygen atoms in total. The van der Waals surface area contributed by atoms with Gasteiger partial charge in [0.2, 0.25) is 5.82 Å². The number of aromatic nitrogens is 3. The number of carbonyl (C=O) groups is 1. The highest BCUT2D eigenvalue weighted by Gasteiger charge is 2.43. The molecular weight excluding hydrogens is 399 g/mol. The van der Waals surface area contributed by atoms with Gasteiger partial charge in [0.25, 0.3) is 0 Å². The molecule has 1 saturated heterocycles. The second-order valence-corrected chi connectivity index (χ2v) is 7.79. The van der Waals surface area contributed by atoms with Crippen LogP contribution in [0.15, 0.2) is 28.8 Å². The lowest BCUT2D eigenvalue weighted by molar-refractivity contribution is 0.0570. The molecule has 2 aliphatic heterocycles. The van der Waals surface area contributed by atoms with E-state index in [1.165, 1.54) is 23.5 Å². The molecule has 2 aliphatic rings. The topological polar surface area (TPSA) is 105 Å². The minimum absolute atomic E-state index is 0.00211. The van der Waals surface area contributed by atoms with Crippen LogP contribution in [0.5, 0.6) is 0 Å². The first-order chi connectivity index (χ1) is 14.1. The van der Waals surface area contributed by atoms with Crippen LogP contribution in [0.3, 0.4) is 0 Å². The number of amides is 2. The highest BCUT2D eigenvalue weighted by molar-refractivity contribution is 7.16. The van der Waals surface area contributed by atoms with Gasteiger partial charge in [-0.3, -0.25) is 5.32 Å². The average molecular weight is 416 g/mol. The van der Waals surface area contributed by atoms with E-state index in [0.29, 0.717) is 42.2 Å². The molecule has 2 aromatic heterocycles. The van der Waals surface area contributed by atoms with Gasteiger partial charge in [-0.2, -0.15) is 4.98 Å². The molecule has 11 heteroatoms. The summed E-state index contributed by atoms with van der Waals surface area (Å²) in [5, 5.41) is 9.85. The molecular formula is C18H17FN6O3S. The first kappa shape index (κ1) is 18.0. The van der Waals surface area contributed by atoms with E-state index in [1.54, 1.807) is 19.2 Å². The van der Waals surface area contributed by atoms with Crippen LogP contribution in [-0.2, 0) is 11.2 Å². The van der Waals surface area contributed by atoms with E-state index >= 15 is 0 Å². The summed E-state index contributed by atoms with van der Waals surface area (Å²) in [4.78, 5) is 23.8. The number of morpholine rings is 1. The molecule has 1 fully saturated rings. The number of hydrogen-bond acceptors (Lipinski definition) is 8. The molecule has 2 amide bonds. The minimum Gasteiger partial charge on any atom is -0.377 e. The van der Waals surface area contributed by atoms with Gasteiger partial charge < -0.3 is 19.5 Å². The quantitative estimate of drug-likeness (QED) is 0.676. The number of thiazole rings is 1. The third kappa shape index (κ3) is 3.21. The summed E-state index contributed by atoms with van der Waals surface area (Å²) in [5.41, 5.74) is 1.63. The molecule has 5 rings (SSSR count). The maximum Gasteiger partial charge on any atom is 0.325 e. The number of fused-ring (bicyclic) bond motifs is 4. The first-order valence-corrected chi connectivity index (χ1v) is 9.88. The summed E-state index contributed by atoms with van der Waals surface area (Å²) in [6.07, 6.45) is 0.645. The van der Waals surface area contributed by atoms with Crippen LogP contribution in [0.4, 0.5) is 20.3 Å². The van der Waals surface area contributed by atoms with E-state index in [2.05, 4.69) is 30.7 Å². The van der Waals surface area contributed by atoms with Gasteiger partial charge in [0.15, 0.2) is 5.13 Å². The van der Waals surface area contributed by atoms with Crippen molar-refractivity contribution in [2.45, 2.75) is 18.5 Å². The van der Waals surface area contributed by atoms with Gasteiger partial charge in [0.1, 0.15) is 5.82 Å². The Morgan fingerprint density at radius 3 is 2.90 bits per heavy atom. The highest BCUT2D eigenvalue weighted by atomic mass is 32.1. The van der Waals surface area contributed by atoms with Crippen molar-refractivity contribution < 1.29 is 18.4 Å². The van der Waals surface area contributed by atoms with E-state index < -0.39 is 0 Å². The molecule has 0 saturated carbocycles. The Bertz CT molecular complexity index is 1050. The van der Waals surface area contributed by atoms with Crippen LogP contribution < -0.4 is 15.5 Å². The minimum atomic E-state index is -0.320. The number of halogens is 1. The summed E-state index contributed by atoms with van der Waals surface area (Å²) in [6.45, 7) is 0.972. The van der Waals surface area contributed by atoms with Crippen molar-refractivity contribution in [3.63, 3.8) is 0 Å². The molecule has 29 heavy (non-hydrogen) atoms. The van der Waals surface area contributed by atoms with E-state index in [0.717, 1.165) is 10.6 Å². The maximum absolute atomic E-state index is 13.2. The summed E-state index contributed by atoms with van der Waals surface area (Å²) in [7, 11) is 1.56. The lowest BCUT2D eigenvalue weighted by atomic mass is 9.97. The Kier molecular flexibility index (Phi) is 4.40. The van der Waals surface area contributed by atoms with E-state index in [1.807, 2.05) is 0 Å². The predicted molar refractivity (Wildman–Crippen MR) is 103 cm³/mol. The zero-order valence-electron chi connectivity index (χ0n) is 15.4. The number of rotatable bonds is 3. The maximum atomic E-state index is 13.2. The third-order valence-electron chi connectivity index (χ3n) is 4.96. The number of nitrogens with one attached hydrogen (secondary N) is 2.